The molecular formula is C15H25NO2. The Morgan fingerprint density at radius 1 is 1.17 bits per heavy atom. The van der Waals surface area contributed by atoms with Crippen LogP contribution in [0.1, 0.15) is 26.3 Å². The Bertz CT molecular complexity index is 337. The van der Waals surface area contributed by atoms with Crippen LogP contribution in [-0.4, -0.2) is 30.9 Å². The quantitative estimate of drug-likeness (QED) is 0.781. The summed E-state index contributed by atoms with van der Waals surface area (Å²) < 4.78 is 5.14. The zero-order chi connectivity index (χ0) is 13.5. The van der Waals surface area contributed by atoms with E-state index in [0.29, 0.717) is 12.1 Å². The fourth-order valence-corrected chi connectivity index (χ4v) is 1.95. The first-order valence-electron chi connectivity index (χ1n) is 6.56. The number of rotatable bonds is 7. The Morgan fingerprint density at radius 3 is 2.28 bits per heavy atom. The highest BCUT2D eigenvalue weighted by Gasteiger charge is 2.13. The van der Waals surface area contributed by atoms with Gasteiger partial charge in [0.1, 0.15) is 5.75 Å². The molecule has 0 saturated carbocycles. The SMILES string of the molecule is COc1ccc(CC(C)NC(C)C(C)CO)cc1. The average molecular weight is 251 g/mol. The maximum atomic E-state index is 9.11. The van der Waals surface area contributed by atoms with Crippen molar-refractivity contribution in [1.82, 2.24) is 5.32 Å². The number of hydrogen-bond acceptors (Lipinski definition) is 3. The third-order valence-electron chi connectivity index (χ3n) is 3.39. The van der Waals surface area contributed by atoms with Gasteiger partial charge < -0.3 is 15.2 Å². The van der Waals surface area contributed by atoms with Crippen LogP contribution in [0.3, 0.4) is 0 Å². The molecule has 1 aromatic rings. The van der Waals surface area contributed by atoms with E-state index in [1.165, 1.54) is 5.56 Å². The number of benzene rings is 1. The maximum absolute atomic E-state index is 9.11. The molecule has 3 atom stereocenters. The highest BCUT2D eigenvalue weighted by molar-refractivity contribution is 5.27. The molecule has 3 nitrogen and oxygen atoms in total. The van der Waals surface area contributed by atoms with Gasteiger partial charge in [-0.25, -0.2) is 0 Å². The van der Waals surface area contributed by atoms with Crippen molar-refractivity contribution in [3.63, 3.8) is 0 Å². The van der Waals surface area contributed by atoms with Crippen LogP contribution in [-0.2, 0) is 6.42 Å². The Kier molecular flexibility index (Phi) is 6.16. The summed E-state index contributed by atoms with van der Waals surface area (Å²) in [5.41, 5.74) is 1.29. The van der Waals surface area contributed by atoms with Crippen molar-refractivity contribution in [2.45, 2.75) is 39.3 Å². The molecule has 18 heavy (non-hydrogen) atoms. The van der Waals surface area contributed by atoms with E-state index in [1.54, 1.807) is 7.11 Å². The molecule has 0 aromatic heterocycles. The third-order valence-corrected chi connectivity index (χ3v) is 3.39. The number of ether oxygens (including phenoxy) is 1. The van der Waals surface area contributed by atoms with Crippen molar-refractivity contribution in [3.05, 3.63) is 29.8 Å². The lowest BCUT2D eigenvalue weighted by Crippen LogP contribution is -2.40. The van der Waals surface area contributed by atoms with Crippen molar-refractivity contribution >= 4 is 0 Å². The molecule has 0 fully saturated rings. The van der Waals surface area contributed by atoms with Gasteiger partial charge in [-0.05, 0) is 43.9 Å². The van der Waals surface area contributed by atoms with Gasteiger partial charge in [0.15, 0.2) is 0 Å². The molecule has 0 aliphatic heterocycles. The lowest BCUT2D eigenvalue weighted by atomic mass is 10.0. The largest absolute Gasteiger partial charge is 0.497 e. The summed E-state index contributed by atoms with van der Waals surface area (Å²) in [6, 6.07) is 8.88. The summed E-state index contributed by atoms with van der Waals surface area (Å²) in [5, 5.41) is 12.6. The fourth-order valence-electron chi connectivity index (χ4n) is 1.95. The molecule has 0 saturated heterocycles. The van der Waals surface area contributed by atoms with Crippen molar-refractivity contribution in [2.75, 3.05) is 13.7 Å². The van der Waals surface area contributed by atoms with Crippen LogP contribution in [0.25, 0.3) is 0 Å². The van der Waals surface area contributed by atoms with E-state index < -0.39 is 0 Å². The average Bonchev–Trinajstić information content (AvgIpc) is 2.38. The van der Waals surface area contributed by atoms with Gasteiger partial charge in [0.25, 0.3) is 0 Å². The van der Waals surface area contributed by atoms with Gasteiger partial charge in [0.2, 0.25) is 0 Å². The zero-order valence-electron chi connectivity index (χ0n) is 11.8. The monoisotopic (exact) mass is 251 g/mol. The standard InChI is InChI=1S/C15H25NO2/c1-11(10-17)13(3)16-12(2)9-14-5-7-15(18-4)8-6-14/h5-8,11-13,16-17H,9-10H2,1-4H3. The molecule has 0 aliphatic rings. The first-order valence-corrected chi connectivity index (χ1v) is 6.56. The Morgan fingerprint density at radius 2 is 1.78 bits per heavy atom. The van der Waals surface area contributed by atoms with Gasteiger partial charge in [-0.2, -0.15) is 0 Å². The molecule has 0 bridgehead atoms. The summed E-state index contributed by atoms with van der Waals surface area (Å²) in [6.45, 7) is 6.57. The van der Waals surface area contributed by atoms with Crippen LogP contribution in [0.5, 0.6) is 5.75 Å². The molecular weight excluding hydrogens is 226 g/mol. The Labute approximate surface area is 110 Å². The predicted octanol–water partition coefficient (Wildman–Crippen LogP) is 2.23. The summed E-state index contributed by atoms with van der Waals surface area (Å²) in [4.78, 5) is 0. The van der Waals surface area contributed by atoms with Gasteiger partial charge in [-0.15, -0.1) is 0 Å². The number of hydrogen-bond donors (Lipinski definition) is 2. The molecule has 102 valence electrons. The van der Waals surface area contributed by atoms with Crippen LogP contribution in [0.4, 0.5) is 0 Å². The highest BCUT2D eigenvalue weighted by Crippen LogP contribution is 2.13. The van der Waals surface area contributed by atoms with E-state index in [4.69, 9.17) is 9.84 Å². The van der Waals surface area contributed by atoms with Gasteiger partial charge in [-0.1, -0.05) is 19.1 Å². The topological polar surface area (TPSA) is 41.5 Å². The third kappa shape index (κ3) is 4.67. The summed E-state index contributed by atoms with van der Waals surface area (Å²) in [7, 11) is 1.68. The smallest absolute Gasteiger partial charge is 0.118 e. The lowest BCUT2D eigenvalue weighted by Gasteiger charge is -2.24. The van der Waals surface area contributed by atoms with Crippen molar-refractivity contribution in [2.24, 2.45) is 5.92 Å². The molecule has 0 radical (unpaired) electrons. The van der Waals surface area contributed by atoms with E-state index in [-0.39, 0.29) is 12.5 Å². The van der Waals surface area contributed by atoms with Gasteiger partial charge in [0, 0.05) is 18.7 Å². The van der Waals surface area contributed by atoms with E-state index >= 15 is 0 Å². The van der Waals surface area contributed by atoms with Crippen LogP contribution < -0.4 is 10.1 Å². The molecule has 0 heterocycles. The second-order valence-electron chi connectivity index (χ2n) is 5.07. The zero-order valence-corrected chi connectivity index (χ0v) is 11.8. The minimum Gasteiger partial charge on any atom is -0.497 e. The summed E-state index contributed by atoms with van der Waals surface area (Å²) in [5.74, 6) is 1.17. The first kappa shape index (κ1) is 15.0. The van der Waals surface area contributed by atoms with Crippen LogP contribution >= 0.6 is 0 Å². The molecule has 3 heteroatoms. The lowest BCUT2D eigenvalue weighted by molar-refractivity contribution is 0.202. The number of methoxy groups -OCH3 is 1. The second-order valence-corrected chi connectivity index (χ2v) is 5.07. The number of aliphatic hydroxyl groups excluding tert-OH is 1. The minimum absolute atomic E-state index is 0.226. The van der Waals surface area contributed by atoms with Gasteiger partial charge >= 0.3 is 0 Å². The number of aliphatic hydroxyl groups is 1. The molecule has 1 aromatic carbocycles. The summed E-state index contributed by atoms with van der Waals surface area (Å²) >= 11 is 0. The first-order chi connectivity index (χ1) is 8.56. The van der Waals surface area contributed by atoms with Crippen molar-refractivity contribution in [3.8, 4) is 5.75 Å². The van der Waals surface area contributed by atoms with Crippen LogP contribution in [0, 0.1) is 5.92 Å². The molecule has 0 amide bonds. The van der Waals surface area contributed by atoms with Gasteiger partial charge in [0.05, 0.1) is 7.11 Å². The van der Waals surface area contributed by atoms with E-state index in [0.717, 1.165) is 12.2 Å². The fraction of sp³-hybridized carbons (Fsp3) is 0.600. The van der Waals surface area contributed by atoms with E-state index in [1.807, 2.05) is 12.1 Å². The molecule has 3 unspecified atom stereocenters. The summed E-state index contributed by atoms with van der Waals surface area (Å²) in [6.07, 6.45) is 0.979. The van der Waals surface area contributed by atoms with Crippen LogP contribution in [0.15, 0.2) is 24.3 Å². The molecule has 2 N–H and O–H groups in total. The molecule has 0 aliphatic carbocycles. The Hall–Kier alpha value is -1.06. The normalized spacial score (nSPS) is 16.1. The predicted molar refractivity (Wildman–Crippen MR) is 75.0 cm³/mol. The molecule has 1 rings (SSSR count). The van der Waals surface area contributed by atoms with E-state index in [2.05, 4.69) is 38.2 Å². The van der Waals surface area contributed by atoms with E-state index in [9.17, 15) is 0 Å². The van der Waals surface area contributed by atoms with Crippen molar-refractivity contribution in [1.29, 1.82) is 0 Å². The second kappa shape index (κ2) is 7.39. The maximum Gasteiger partial charge on any atom is 0.118 e. The molecule has 0 spiro atoms. The Balaban J connectivity index is 2.45. The highest BCUT2D eigenvalue weighted by atomic mass is 16.5. The van der Waals surface area contributed by atoms with Crippen LogP contribution in [0.2, 0.25) is 0 Å². The number of nitrogens with one attached hydrogen (secondary N) is 1. The van der Waals surface area contributed by atoms with Gasteiger partial charge in [-0.3, -0.25) is 0 Å². The van der Waals surface area contributed by atoms with Crippen molar-refractivity contribution < 1.29 is 9.84 Å². The minimum atomic E-state index is 0.226.